The maximum Gasteiger partial charge on any atom is 0.268 e. The van der Waals surface area contributed by atoms with Crippen molar-refractivity contribution in [2.24, 2.45) is 4.99 Å². The van der Waals surface area contributed by atoms with Gasteiger partial charge in [-0.15, -0.1) is 10.2 Å². The number of nitrogens with one attached hydrogen (secondary N) is 2. The lowest BCUT2D eigenvalue weighted by Crippen LogP contribution is -2.25. The maximum absolute atomic E-state index is 12.9. The van der Waals surface area contributed by atoms with Gasteiger partial charge in [0.05, 0.1) is 17.9 Å². The Bertz CT molecular complexity index is 1600. The third kappa shape index (κ3) is 3.88. The van der Waals surface area contributed by atoms with Gasteiger partial charge in [-0.05, 0) is 36.4 Å². The quantitative estimate of drug-likeness (QED) is 0.349. The van der Waals surface area contributed by atoms with E-state index in [0.717, 1.165) is 33.4 Å². The molecule has 0 saturated carbocycles. The zero-order valence-electron chi connectivity index (χ0n) is 18.3. The van der Waals surface area contributed by atoms with Crippen LogP contribution in [0.4, 0.5) is 0 Å². The molecule has 0 aliphatic carbocycles. The van der Waals surface area contributed by atoms with E-state index in [4.69, 9.17) is 28.2 Å². The number of aliphatic imine (C=N–C) groups is 1. The first-order chi connectivity index (χ1) is 17.1. The molecule has 0 radical (unpaired) electrons. The first-order valence-electron chi connectivity index (χ1n) is 11.0. The van der Waals surface area contributed by atoms with Crippen LogP contribution in [0.5, 0.6) is 0 Å². The molecular weight excluding hydrogens is 483 g/mol. The fraction of sp³-hybridized carbons (Fsp3) is 0.0769. The second-order valence-corrected chi connectivity index (χ2v) is 8.97. The highest BCUT2D eigenvalue weighted by Crippen LogP contribution is 2.30. The van der Waals surface area contributed by atoms with Gasteiger partial charge in [0, 0.05) is 32.1 Å². The second-order valence-electron chi connectivity index (χ2n) is 8.13. The lowest BCUT2D eigenvalue weighted by molar-refractivity contribution is 0.0945. The van der Waals surface area contributed by atoms with Gasteiger partial charge in [0.1, 0.15) is 12.2 Å². The summed E-state index contributed by atoms with van der Waals surface area (Å²) in [7, 11) is 0. The van der Waals surface area contributed by atoms with E-state index in [0.29, 0.717) is 33.9 Å². The van der Waals surface area contributed by atoms with Crippen LogP contribution in [0.2, 0.25) is 10.0 Å². The molecule has 0 fully saturated rings. The minimum Gasteiger partial charge on any atom is -0.351 e. The van der Waals surface area contributed by atoms with Gasteiger partial charge in [0.2, 0.25) is 0 Å². The van der Waals surface area contributed by atoms with Crippen LogP contribution in [0.3, 0.4) is 0 Å². The summed E-state index contributed by atoms with van der Waals surface area (Å²) in [5, 5.41) is 13.8. The van der Waals surface area contributed by atoms with Gasteiger partial charge in [0.25, 0.3) is 5.91 Å². The molecule has 0 spiro atoms. The first kappa shape index (κ1) is 21.6. The Morgan fingerprint density at radius 3 is 2.66 bits per heavy atom. The molecule has 9 heteroatoms. The smallest absolute Gasteiger partial charge is 0.268 e. The Morgan fingerprint density at radius 2 is 1.80 bits per heavy atom. The molecule has 0 atom stereocenters. The van der Waals surface area contributed by atoms with Crippen molar-refractivity contribution in [1.29, 1.82) is 0 Å². The number of halogens is 2. The zero-order chi connectivity index (χ0) is 23.9. The molecule has 1 aliphatic rings. The average Bonchev–Trinajstić information content (AvgIpc) is 3.44. The average molecular weight is 501 g/mol. The van der Waals surface area contributed by atoms with Gasteiger partial charge >= 0.3 is 0 Å². The number of carbonyl (C=O) groups is 1. The minimum atomic E-state index is -0.225. The number of H-pyrrole nitrogens is 1. The first-order valence-corrected chi connectivity index (χ1v) is 11.7. The van der Waals surface area contributed by atoms with Gasteiger partial charge < -0.3 is 10.3 Å². The Morgan fingerprint density at radius 1 is 0.971 bits per heavy atom. The molecule has 7 nitrogen and oxygen atoms in total. The number of carbonyl (C=O) groups excluding carboxylic acids is 1. The summed E-state index contributed by atoms with van der Waals surface area (Å²) in [6.07, 6.45) is 0. The molecular formula is C26H18Cl2N6O. The number of benzene rings is 3. The molecule has 3 aromatic carbocycles. The van der Waals surface area contributed by atoms with Crippen molar-refractivity contribution >= 4 is 45.7 Å². The van der Waals surface area contributed by atoms with E-state index < -0.39 is 0 Å². The number of hydrogen-bond donors (Lipinski definition) is 2. The summed E-state index contributed by atoms with van der Waals surface area (Å²) < 4.78 is 1.92. The van der Waals surface area contributed by atoms with Crippen LogP contribution in [0, 0.1) is 0 Å². The maximum atomic E-state index is 12.9. The molecule has 172 valence electrons. The molecule has 2 aromatic heterocycles. The number of amides is 1. The van der Waals surface area contributed by atoms with E-state index in [9.17, 15) is 4.79 Å². The Hall–Kier alpha value is -3.94. The predicted molar refractivity (Wildman–Crippen MR) is 137 cm³/mol. The molecule has 0 saturated heterocycles. The van der Waals surface area contributed by atoms with E-state index in [1.54, 1.807) is 0 Å². The molecule has 0 unspecified atom stereocenters. The summed E-state index contributed by atoms with van der Waals surface area (Å²) in [6, 6.07) is 22.7. The number of para-hydroxylation sites is 1. The predicted octanol–water partition coefficient (Wildman–Crippen LogP) is 5.34. The van der Waals surface area contributed by atoms with Crippen LogP contribution in [-0.2, 0) is 13.1 Å². The van der Waals surface area contributed by atoms with E-state index >= 15 is 0 Å². The SMILES string of the molecule is O=C(NCc1nnc2n1-c1ccc(Cl)cc1C(c1ccccc1Cl)=NC2)c1cc2ccccc2[nH]1. The molecule has 5 aromatic rings. The number of rotatable bonds is 4. The molecule has 3 heterocycles. The van der Waals surface area contributed by atoms with Crippen molar-refractivity contribution in [3.05, 3.63) is 111 Å². The standard InChI is InChI=1S/C26H18Cl2N6O/c27-16-9-10-22-18(12-16)25(17-6-2-3-7-19(17)28)29-13-23-32-33-24(34(22)23)14-30-26(35)21-11-15-5-1-4-8-20(15)31-21/h1-12,31H,13-14H2,(H,30,35). The summed E-state index contributed by atoms with van der Waals surface area (Å²) in [6.45, 7) is 0.487. The summed E-state index contributed by atoms with van der Waals surface area (Å²) in [5.41, 5.74) is 4.56. The summed E-state index contributed by atoms with van der Waals surface area (Å²) >= 11 is 12.9. The Kier molecular flexibility index (Phi) is 5.36. The van der Waals surface area contributed by atoms with Crippen molar-refractivity contribution in [2.45, 2.75) is 13.1 Å². The van der Waals surface area contributed by atoms with Crippen molar-refractivity contribution < 1.29 is 4.79 Å². The Balaban J connectivity index is 1.35. The Labute approximate surface area is 210 Å². The van der Waals surface area contributed by atoms with Crippen LogP contribution in [-0.4, -0.2) is 31.4 Å². The van der Waals surface area contributed by atoms with Crippen molar-refractivity contribution in [3.8, 4) is 5.69 Å². The van der Waals surface area contributed by atoms with E-state index in [1.807, 2.05) is 77.4 Å². The van der Waals surface area contributed by atoms with Gasteiger partial charge in [-0.25, -0.2) is 0 Å². The third-order valence-electron chi connectivity index (χ3n) is 5.94. The lowest BCUT2D eigenvalue weighted by atomic mass is 10.0. The van der Waals surface area contributed by atoms with E-state index in [-0.39, 0.29) is 12.5 Å². The highest BCUT2D eigenvalue weighted by atomic mass is 35.5. The van der Waals surface area contributed by atoms with Crippen LogP contribution in [0.15, 0.2) is 77.8 Å². The third-order valence-corrected chi connectivity index (χ3v) is 6.51. The minimum absolute atomic E-state index is 0.185. The summed E-state index contributed by atoms with van der Waals surface area (Å²) in [4.78, 5) is 20.8. The number of aromatic nitrogens is 4. The molecule has 2 N–H and O–H groups in total. The topological polar surface area (TPSA) is 88.0 Å². The molecule has 1 aliphatic heterocycles. The van der Waals surface area contributed by atoms with Crippen LogP contribution < -0.4 is 5.32 Å². The zero-order valence-corrected chi connectivity index (χ0v) is 19.8. The van der Waals surface area contributed by atoms with Crippen LogP contribution >= 0.6 is 23.2 Å². The van der Waals surface area contributed by atoms with E-state index in [2.05, 4.69) is 20.5 Å². The number of hydrogen-bond acceptors (Lipinski definition) is 4. The van der Waals surface area contributed by atoms with Crippen LogP contribution in [0.1, 0.15) is 33.3 Å². The van der Waals surface area contributed by atoms with Gasteiger partial charge in [0.15, 0.2) is 11.6 Å². The largest absolute Gasteiger partial charge is 0.351 e. The van der Waals surface area contributed by atoms with Gasteiger partial charge in [-0.2, -0.15) is 0 Å². The highest BCUT2D eigenvalue weighted by Gasteiger charge is 2.24. The van der Waals surface area contributed by atoms with Gasteiger partial charge in [-0.3, -0.25) is 14.4 Å². The normalized spacial score (nSPS) is 12.6. The van der Waals surface area contributed by atoms with Crippen molar-refractivity contribution in [3.63, 3.8) is 0 Å². The molecule has 1 amide bonds. The van der Waals surface area contributed by atoms with E-state index in [1.165, 1.54) is 0 Å². The number of nitrogens with zero attached hydrogens (tertiary/aromatic N) is 4. The van der Waals surface area contributed by atoms with Gasteiger partial charge in [-0.1, -0.05) is 59.6 Å². The lowest BCUT2D eigenvalue weighted by Gasteiger charge is -2.15. The highest BCUT2D eigenvalue weighted by molar-refractivity contribution is 6.36. The van der Waals surface area contributed by atoms with Crippen molar-refractivity contribution in [2.75, 3.05) is 0 Å². The monoisotopic (exact) mass is 500 g/mol. The number of fused-ring (bicyclic) bond motifs is 4. The van der Waals surface area contributed by atoms with Crippen molar-refractivity contribution in [1.82, 2.24) is 25.1 Å². The fourth-order valence-electron chi connectivity index (χ4n) is 4.31. The molecule has 35 heavy (non-hydrogen) atoms. The summed E-state index contributed by atoms with van der Waals surface area (Å²) in [5.74, 6) is 1.02. The number of aromatic amines is 1. The molecule has 6 rings (SSSR count). The fourth-order valence-corrected chi connectivity index (χ4v) is 4.71. The second kappa shape index (κ2) is 8.69. The van der Waals surface area contributed by atoms with Crippen LogP contribution in [0.25, 0.3) is 16.6 Å². The molecule has 0 bridgehead atoms.